The molecule has 1 aromatic heterocycles. The van der Waals surface area contributed by atoms with E-state index in [-0.39, 0.29) is 11.4 Å². The molecule has 3 nitrogen and oxygen atoms in total. The van der Waals surface area contributed by atoms with Crippen LogP contribution in [0.3, 0.4) is 0 Å². The first-order chi connectivity index (χ1) is 13.1. The molecular formula is C22H26N2OS2. The van der Waals surface area contributed by atoms with E-state index in [2.05, 4.69) is 53.7 Å². The second kappa shape index (κ2) is 8.11. The summed E-state index contributed by atoms with van der Waals surface area (Å²) in [5.41, 5.74) is 2.25. The normalized spacial score (nSPS) is 27.3. The Hall–Kier alpha value is -1.72. The summed E-state index contributed by atoms with van der Waals surface area (Å²) in [6.07, 6.45) is 6.89. The van der Waals surface area contributed by atoms with Crippen molar-refractivity contribution in [2.75, 3.05) is 5.32 Å². The fourth-order valence-electron chi connectivity index (χ4n) is 4.02. The van der Waals surface area contributed by atoms with Gasteiger partial charge in [-0.3, -0.25) is 4.79 Å². The van der Waals surface area contributed by atoms with E-state index in [0.29, 0.717) is 12.0 Å². The van der Waals surface area contributed by atoms with Gasteiger partial charge in [-0.1, -0.05) is 49.7 Å². The van der Waals surface area contributed by atoms with Gasteiger partial charge in [-0.2, -0.15) is 0 Å². The van der Waals surface area contributed by atoms with Gasteiger partial charge in [0.05, 0.1) is 4.91 Å². The lowest BCUT2D eigenvalue weighted by Crippen LogP contribution is -2.48. The Balaban J connectivity index is 1.65. The Labute approximate surface area is 169 Å². The van der Waals surface area contributed by atoms with Crippen molar-refractivity contribution in [3.63, 3.8) is 0 Å². The first-order valence-corrected chi connectivity index (χ1v) is 11.5. The molecule has 5 heteroatoms. The highest BCUT2D eigenvalue weighted by atomic mass is 32.2. The van der Waals surface area contributed by atoms with Crippen LogP contribution >= 0.6 is 23.1 Å². The maximum absolute atomic E-state index is 13.4. The Morgan fingerprint density at radius 3 is 2.63 bits per heavy atom. The highest BCUT2D eigenvalue weighted by Crippen LogP contribution is 2.42. The number of nitrogens with one attached hydrogen (secondary N) is 1. The maximum Gasteiger partial charge on any atom is 0.263 e. The molecule has 1 amide bonds. The molecule has 27 heavy (non-hydrogen) atoms. The minimum absolute atomic E-state index is 0.0445. The molecule has 0 bridgehead atoms. The van der Waals surface area contributed by atoms with Crippen LogP contribution < -0.4 is 5.32 Å². The molecule has 1 aromatic carbocycles. The number of amides is 1. The summed E-state index contributed by atoms with van der Waals surface area (Å²) in [7, 11) is 0. The quantitative estimate of drug-likeness (QED) is 0.646. The largest absolute Gasteiger partial charge is 0.356 e. The Kier molecular flexibility index (Phi) is 5.60. The fourth-order valence-corrected chi connectivity index (χ4v) is 6.15. The van der Waals surface area contributed by atoms with E-state index in [1.807, 2.05) is 18.2 Å². The number of thiophene rings is 1. The third kappa shape index (κ3) is 3.94. The van der Waals surface area contributed by atoms with Crippen LogP contribution in [0, 0.1) is 12.8 Å². The average Bonchev–Trinajstić information content (AvgIpc) is 3.20. The Morgan fingerprint density at radius 2 is 1.93 bits per heavy atom. The standard InChI is InChI=1S/C22H26N2OS2/c1-15-8-6-7-11-18(15)24-21(25)20(14-19-16(2)12-13-26-19)27-22(24)23-17-9-4-3-5-10-17/h3-5,9-10,12-15,18,22-23H,6-8,11H2,1-2H3/b20-14-/t15-,18-,22?/m0/s1. The van der Waals surface area contributed by atoms with Crippen molar-refractivity contribution in [3.8, 4) is 0 Å². The van der Waals surface area contributed by atoms with Crippen LogP contribution in [0.5, 0.6) is 0 Å². The molecule has 2 aliphatic rings. The average molecular weight is 399 g/mol. The van der Waals surface area contributed by atoms with Gasteiger partial charge >= 0.3 is 0 Å². The number of rotatable bonds is 4. The summed E-state index contributed by atoms with van der Waals surface area (Å²) >= 11 is 3.36. The van der Waals surface area contributed by atoms with Crippen molar-refractivity contribution in [1.82, 2.24) is 4.90 Å². The number of nitrogens with zero attached hydrogens (tertiary/aromatic N) is 1. The van der Waals surface area contributed by atoms with Gasteiger partial charge in [-0.25, -0.2) is 0 Å². The molecule has 4 rings (SSSR count). The number of para-hydroxylation sites is 1. The van der Waals surface area contributed by atoms with Crippen LogP contribution in [0.1, 0.15) is 43.0 Å². The van der Waals surface area contributed by atoms with E-state index in [1.165, 1.54) is 29.7 Å². The highest BCUT2D eigenvalue weighted by Gasteiger charge is 2.42. The minimum atomic E-state index is -0.0445. The van der Waals surface area contributed by atoms with E-state index < -0.39 is 0 Å². The lowest BCUT2D eigenvalue weighted by atomic mass is 9.85. The summed E-state index contributed by atoms with van der Waals surface area (Å²) < 4.78 is 0. The Morgan fingerprint density at radius 1 is 1.15 bits per heavy atom. The SMILES string of the molecule is Cc1ccsc1/C=C1\SC(Nc2ccccc2)N([C@H]2CCCC[C@@H]2C)C1=O. The molecule has 0 radical (unpaired) electrons. The lowest BCUT2D eigenvalue weighted by molar-refractivity contribution is -0.129. The predicted molar refractivity (Wildman–Crippen MR) is 117 cm³/mol. The Bertz CT molecular complexity index is 830. The first kappa shape index (κ1) is 18.6. The van der Waals surface area contributed by atoms with Gasteiger partial charge in [0, 0.05) is 16.6 Å². The van der Waals surface area contributed by atoms with Crippen LogP contribution in [-0.2, 0) is 4.79 Å². The first-order valence-electron chi connectivity index (χ1n) is 9.70. The minimum Gasteiger partial charge on any atom is -0.356 e. The van der Waals surface area contributed by atoms with Crippen molar-refractivity contribution < 1.29 is 4.79 Å². The van der Waals surface area contributed by atoms with E-state index in [9.17, 15) is 4.79 Å². The van der Waals surface area contributed by atoms with E-state index in [0.717, 1.165) is 17.0 Å². The van der Waals surface area contributed by atoms with Gasteiger partial charge in [0.15, 0.2) is 5.50 Å². The molecule has 2 aromatic rings. The molecule has 142 valence electrons. The van der Waals surface area contributed by atoms with Crippen LogP contribution in [0.15, 0.2) is 46.7 Å². The molecule has 1 unspecified atom stereocenters. The summed E-state index contributed by atoms with van der Waals surface area (Å²) in [5.74, 6) is 0.728. The number of aryl methyl sites for hydroxylation is 1. The van der Waals surface area contributed by atoms with Crippen LogP contribution in [0.25, 0.3) is 6.08 Å². The second-order valence-electron chi connectivity index (χ2n) is 7.50. The molecule has 1 saturated heterocycles. The van der Waals surface area contributed by atoms with Gasteiger partial charge in [0.25, 0.3) is 5.91 Å². The molecule has 2 heterocycles. The van der Waals surface area contributed by atoms with Crippen molar-refractivity contribution >= 4 is 40.8 Å². The number of benzene rings is 1. The third-order valence-corrected chi connectivity index (χ3v) is 7.67. The van der Waals surface area contributed by atoms with Crippen LogP contribution in [0.4, 0.5) is 5.69 Å². The predicted octanol–water partition coefficient (Wildman–Crippen LogP) is 5.95. The molecule has 1 N–H and O–H groups in total. The van der Waals surface area contributed by atoms with Gasteiger partial charge in [0.1, 0.15) is 0 Å². The number of hydrogen-bond donors (Lipinski definition) is 1. The highest BCUT2D eigenvalue weighted by molar-refractivity contribution is 8.05. The molecule has 1 aliphatic carbocycles. The fraction of sp³-hybridized carbons (Fsp3) is 0.409. The number of thioether (sulfide) groups is 1. The number of carbonyl (C=O) groups is 1. The van der Waals surface area contributed by atoms with Crippen molar-refractivity contribution in [3.05, 3.63) is 57.1 Å². The monoisotopic (exact) mass is 398 g/mol. The summed E-state index contributed by atoms with van der Waals surface area (Å²) in [5, 5.41) is 5.68. The van der Waals surface area contributed by atoms with Crippen molar-refractivity contribution in [2.45, 2.75) is 51.1 Å². The summed E-state index contributed by atoms with van der Waals surface area (Å²) in [6.45, 7) is 4.40. The number of anilines is 1. The number of hydrogen-bond acceptors (Lipinski definition) is 4. The summed E-state index contributed by atoms with van der Waals surface area (Å²) in [6, 6.07) is 12.6. The van der Waals surface area contributed by atoms with E-state index in [4.69, 9.17) is 0 Å². The molecule has 3 atom stereocenters. The van der Waals surface area contributed by atoms with Gasteiger partial charge < -0.3 is 10.2 Å². The van der Waals surface area contributed by atoms with Crippen LogP contribution in [-0.4, -0.2) is 22.3 Å². The van der Waals surface area contributed by atoms with Crippen molar-refractivity contribution in [2.24, 2.45) is 5.92 Å². The van der Waals surface area contributed by atoms with E-state index in [1.54, 1.807) is 23.1 Å². The third-order valence-electron chi connectivity index (χ3n) is 5.59. The zero-order chi connectivity index (χ0) is 18.8. The van der Waals surface area contributed by atoms with Gasteiger partial charge in [0.2, 0.25) is 0 Å². The topological polar surface area (TPSA) is 32.3 Å². The smallest absolute Gasteiger partial charge is 0.263 e. The van der Waals surface area contributed by atoms with Crippen molar-refractivity contribution in [1.29, 1.82) is 0 Å². The maximum atomic E-state index is 13.4. The summed E-state index contributed by atoms with van der Waals surface area (Å²) in [4.78, 5) is 17.5. The second-order valence-corrected chi connectivity index (χ2v) is 9.57. The zero-order valence-electron chi connectivity index (χ0n) is 15.9. The van der Waals surface area contributed by atoms with Crippen LogP contribution in [0.2, 0.25) is 0 Å². The molecular weight excluding hydrogens is 372 g/mol. The molecule has 1 aliphatic heterocycles. The van der Waals surface area contributed by atoms with Gasteiger partial charge in [-0.15, -0.1) is 11.3 Å². The van der Waals surface area contributed by atoms with E-state index >= 15 is 0 Å². The number of carbonyl (C=O) groups excluding carboxylic acids is 1. The zero-order valence-corrected chi connectivity index (χ0v) is 17.5. The van der Waals surface area contributed by atoms with Gasteiger partial charge in [-0.05, 0) is 60.9 Å². The molecule has 2 fully saturated rings. The lowest BCUT2D eigenvalue weighted by Gasteiger charge is -2.39. The molecule has 1 saturated carbocycles. The molecule has 0 spiro atoms.